The number of morpholine rings is 1. The van der Waals surface area contributed by atoms with Crippen molar-refractivity contribution in [3.63, 3.8) is 0 Å². The van der Waals surface area contributed by atoms with Crippen LogP contribution in [0, 0.1) is 0 Å². The van der Waals surface area contributed by atoms with Crippen molar-refractivity contribution >= 4 is 5.91 Å². The van der Waals surface area contributed by atoms with Crippen LogP contribution in [0.5, 0.6) is 5.88 Å². The zero-order valence-corrected chi connectivity index (χ0v) is 11.4. The van der Waals surface area contributed by atoms with Crippen molar-refractivity contribution in [3.05, 3.63) is 23.9 Å². The number of hydrogen-bond donors (Lipinski definition) is 0. The van der Waals surface area contributed by atoms with Gasteiger partial charge in [-0.25, -0.2) is 4.98 Å². The molecule has 0 radical (unpaired) electrons. The molecule has 2 heterocycles. The molecule has 5 nitrogen and oxygen atoms in total. The standard InChI is InChI=1S/C13H15F3N2O3/c1-9-7-18(5-6-20-9)12(19)10-3-2-4-17-11(10)21-8-13(14,15)16/h2-4,9H,5-8H2,1H3/t9-/m0/s1. The van der Waals surface area contributed by atoms with E-state index in [1.165, 1.54) is 23.2 Å². The van der Waals surface area contributed by atoms with E-state index in [9.17, 15) is 18.0 Å². The molecule has 1 aliphatic heterocycles. The highest BCUT2D eigenvalue weighted by Crippen LogP contribution is 2.22. The van der Waals surface area contributed by atoms with Crippen molar-refractivity contribution in [3.8, 4) is 5.88 Å². The molecule has 116 valence electrons. The molecule has 1 aromatic heterocycles. The molecule has 1 fully saturated rings. The Balaban J connectivity index is 2.13. The number of ether oxygens (including phenoxy) is 2. The van der Waals surface area contributed by atoms with Crippen LogP contribution in [0.2, 0.25) is 0 Å². The van der Waals surface area contributed by atoms with Crippen LogP contribution in [0.1, 0.15) is 17.3 Å². The Hall–Kier alpha value is -1.83. The van der Waals surface area contributed by atoms with Crippen LogP contribution in [0.15, 0.2) is 18.3 Å². The van der Waals surface area contributed by atoms with Crippen LogP contribution in [-0.2, 0) is 4.74 Å². The van der Waals surface area contributed by atoms with Gasteiger partial charge in [-0.2, -0.15) is 13.2 Å². The maximum atomic E-state index is 12.4. The van der Waals surface area contributed by atoms with E-state index < -0.39 is 18.7 Å². The lowest BCUT2D eigenvalue weighted by atomic mass is 10.2. The maximum Gasteiger partial charge on any atom is 0.422 e. The lowest BCUT2D eigenvalue weighted by molar-refractivity contribution is -0.154. The van der Waals surface area contributed by atoms with Crippen molar-refractivity contribution in [2.75, 3.05) is 26.3 Å². The summed E-state index contributed by atoms with van der Waals surface area (Å²) in [6.45, 7) is 1.50. The van der Waals surface area contributed by atoms with Gasteiger partial charge in [0.05, 0.1) is 12.7 Å². The molecule has 1 aliphatic rings. The van der Waals surface area contributed by atoms with Crippen LogP contribution in [-0.4, -0.2) is 54.4 Å². The first kappa shape index (κ1) is 15.6. The molecule has 1 atom stereocenters. The van der Waals surface area contributed by atoms with Gasteiger partial charge in [-0.05, 0) is 19.1 Å². The normalized spacial score (nSPS) is 19.4. The molecule has 1 amide bonds. The van der Waals surface area contributed by atoms with Crippen molar-refractivity contribution in [1.29, 1.82) is 0 Å². The lowest BCUT2D eigenvalue weighted by Crippen LogP contribution is -2.44. The van der Waals surface area contributed by atoms with Crippen LogP contribution >= 0.6 is 0 Å². The number of hydrogen-bond acceptors (Lipinski definition) is 4. The highest BCUT2D eigenvalue weighted by Gasteiger charge is 2.30. The Bertz CT molecular complexity index is 508. The van der Waals surface area contributed by atoms with Crippen molar-refractivity contribution in [1.82, 2.24) is 9.88 Å². The van der Waals surface area contributed by atoms with Crippen molar-refractivity contribution < 1.29 is 27.4 Å². The smallest absolute Gasteiger partial charge is 0.422 e. The zero-order valence-electron chi connectivity index (χ0n) is 11.4. The van der Waals surface area contributed by atoms with E-state index in [1.54, 1.807) is 0 Å². The van der Waals surface area contributed by atoms with Gasteiger partial charge in [-0.3, -0.25) is 4.79 Å². The Morgan fingerprint density at radius 3 is 3.00 bits per heavy atom. The molecule has 1 aromatic rings. The van der Waals surface area contributed by atoms with E-state index in [0.717, 1.165) is 0 Å². The van der Waals surface area contributed by atoms with Crippen LogP contribution in [0.25, 0.3) is 0 Å². The summed E-state index contributed by atoms with van der Waals surface area (Å²) in [6, 6.07) is 2.89. The summed E-state index contributed by atoms with van der Waals surface area (Å²) in [6.07, 6.45) is -3.31. The van der Waals surface area contributed by atoms with Gasteiger partial charge in [0.1, 0.15) is 5.56 Å². The van der Waals surface area contributed by atoms with E-state index in [2.05, 4.69) is 9.72 Å². The number of carbonyl (C=O) groups excluding carboxylic acids is 1. The average molecular weight is 304 g/mol. The number of aromatic nitrogens is 1. The summed E-state index contributed by atoms with van der Waals surface area (Å²) in [5.74, 6) is -0.714. The third-order valence-electron chi connectivity index (χ3n) is 2.90. The number of nitrogens with zero attached hydrogens (tertiary/aromatic N) is 2. The molecular formula is C13H15F3N2O3. The Morgan fingerprint density at radius 2 is 2.33 bits per heavy atom. The summed E-state index contributed by atoms with van der Waals surface area (Å²) in [4.78, 5) is 17.6. The fourth-order valence-electron chi connectivity index (χ4n) is 1.99. The van der Waals surface area contributed by atoms with Crippen molar-refractivity contribution in [2.45, 2.75) is 19.2 Å². The molecule has 0 spiro atoms. The summed E-state index contributed by atoms with van der Waals surface area (Å²) in [5, 5.41) is 0. The first-order valence-electron chi connectivity index (χ1n) is 6.42. The molecule has 21 heavy (non-hydrogen) atoms. The van der Waals surface area contributed by atoms with Crippen LogP contribution < -0.4 is 4.74 Å². The van der Waals surface area contributed by atoms with Crippen molar-refractivity contribution in [2.24, 2.45) is 0 Å². The molecule has 0 saturated carbocycles. The van der Waals surface area contributed by atoms with E-state index in [0.29, 0.717) is 19.7 Å². The van der Waals surface area contributed by atoms with E-state index in [4.69, 9.17) is 4.74 Å². The second-order valence-corrected chi connectivity index (χ2v) is 4.69. The third-order valence-corrected chi connectivity index (χ3v) is 2.90. The fourth-order valence-corrected chi connectivity index (χ4v) is 1.99. The molecule has 1 saturated heterocycles. The largest absolute Gasteiger partial charge is 0.467 e. The molecule has 0 N–H and O–H groups in total. The molecule has 0 bridgehead atoms. The minimum absolute atomic E-state index is 0.0239. The van der Waals surface area contributed by atoms with Gasteiger partial charge < -0.3 is 14.4 Å². The van der Waals surface area contributed by atoms with Gasteiger partial charge in [0.15, 0.2) is 6.61 Å². The van der Waals surface area contributed by atoms with E-state index in [-0.39, 0.29) is 17.5 Å². The molecule has 0 aliphatic carbocycles. The molecular weight excluding hydrogens is 289 g/mol. The minimum atomic E-state index is -4.48. The zero-order chi connectivity index (χ0) is 15.5. The monoisotopic (exact) mass is 304 g/mol. The maximum absolute atomic E-state index is 12.4. The molecule has 8 heteroatoms. The minimum Gasteiger partial charge on any atom is -0.467 e. The van der Waals surface area contributed by atoms with E-state index in [1.807, 2.05) is 6.92 Å². The number of rotatable bonds is 3. The first-order chi connectivity index (χ1) is 9.87. The number of halogens is 3. The topological polar surface area (TPSA) is 51.7 Å². The first-order valence-corrected chi connectivity index (χ1v) is 6.42. The predicted octanol–water partition coefficient (Wildman–Crippen LogP) is 1.88. The van der Waals surface area contributed by atoms with E-state index >= 15 is 0 Å². The lowest BCUT2D eigenvalue weighted by Gasteiger charge is -2.31. The number of alkyl halides is 3. The van der Waals surface area contributed by atoms with Gasteiger partial charge in [-0.1, -0.05) is 0 Å². The highest BCUT2D eigenvalue weighted by atomic mass is 19.4. The predicted molar refractivity (Wildman–Crippen MR) is 67.1 cm³/mol. The second kappa shape index (κ2) is 6.30. The SMILES string of the molecule is C[C@H]1CN(C(=O)c2cccnc2OCC(F)(F)F)CCO1. The Morgan fingerprint density at radius 1 is 1.57 bits per heavy atom. The molecule has 2 rings (SSSR count). The number of carbonyl (C=O) groups is 1. The fraction of sp³-hybridized carbons (Fsp3) is 0.538. The number of amides is 1. The third kappa shape index (κ3) is 4.32. The van der Waals surface area contributed by atoms with Crippen LogP contribution in [0.4, 0.5) is 13.2 Å². The van der Waals surface area contributed by atoms with Gasteiger partial charge in [0, 0.05) is 19.3 Å². The van der Waals surface area contributed by atoms with Gasteiger partial charge in [0.2, 0.25) is 5.88 Å². The van der Waals surface area contributed by atoms with Gasteiger partial charge in [-0.15, -0.1) is 0 Å². The summed E-state index contributed by atoms with van der Waals surface area (Å²) >= 11 is 0. The van der Waals surface area contributed by atoms with Gasteiger partial charge in [0.25, 0.3) is 5.91 Å². The summed E-state index contributed by atoms with van der Waals surface area (Å²) in [5.41, 5.74) is 0.0239. The second-order valence-electron chi connectivity index (χ2n) is 4.69. The molecule has 0 unspecified atom stereocenters. The summed E-state index contributed by atoms with van der Waals surface area (Å²) < 4.78 is 46.6. The quantitative estimate of drug-likeness (QED) is 0.855. The van der Waals surface area contributed by atoms with Gasteiger partial charge >= 0.3 is 6.18 Å². The Kier molecular flexibility index (Phi) is 4.66. The Labute approximate surface area is 119 Å². The molecule has 0 aromatic carbocycles. The summed E-state index contributed by atoms with van der Waals surface area (Å²) in [7, 11) is 0. The average Bonchev–Trinajstić information content (AvgIpc) is 2.44. The highest BCUT2D eigenvalue weighted by molar-refractivity contribution is 5.96. The van der Waals surface area contributed by atoms with Crippen LogP contribution in [0.3, 0.4) is 0 Å². The number of pyridine rings is 1.